The third-order valence-corrected chi connectivity index (χ3v) is 5.32. The SMILES string of the molecule is CCCOc1ccc([C@H]2C(=C(O)c3ccc(C)cc3)C(=O)C(=O)N2CCN(C)C)cc1. The summed E-state index contributed by atoms with van der Waals surface area (Å²) in [5.41, 5.74) is 2.44. The molecule has 1 aliphatic heterocycles. The van der Waals surface area contributed by atoms with Gasteiger partial charge >= 0.3 is 0 Å². The minimum Gasteiger partial charge on any atom is -0.507 e. The summed E-state index contributed by atoms with van der Waals surface area (Å²) >= 11 is 0. The van der Waals surface area contributed by atoms with E-state index in [1.807, 2.05) is 69.2 Å². The summed E-state index contributed by atoms with van der Waals surface area (Å²) in [5.74, 6) is -0.670. The van der Waals surface area contributed by atoms with Gasteiger partial charge in [0.1, 0.15) is 11.5 Å². The summed E-state index contributed by atoms with van der Waals surface area (Å²) in [7, 11) is 3.83. The van der Waals surface area contributed by atoms with Gasteiger partial charge in [-0.1, -0.05) is 48.9 Å². The molecule has 0 unspecified atom stereocenters. The van der Waals surface area contributed by atoms with Crippen LogP contribution in [0.25, 0.3) is 5.76 Å². The van der Waals surface area contributed by atoms with E-state index in [0.29, 0.717) is 25.3 Å². The molecule has 3 rings (SSSR count). The van der Waals surface area contributed by atoms with Gasteiger partial charge in [-0.25, -0.2) is 0 Å². The molecule has 31 heavy (non-hydrogen) atoms. The molecule has 2 aromatic carbocycles. The molecule has 6 nitrogen and oxygen atoms in total. The smallest absolute Gasteiger partial charge is 0.295 e. The van der Waals surface area contributed by atoms with Crippen molar-refractivity contribution in [3.05, 3.63) is 70.8 Å². The Bertz CT molecular complexity index is 962. The van der Waals surface area contributed by atoms with Crippen molar-refractivity contribution in [3.8, 4) is 5.75 Å². The number of ether oxygens (including phenoxy) is 1. The van der Waals surface area contributed by atoms with Gasteiger partial charge < -0.3 is 19.6 Å². The Balaban J connectivity index is 2.06. The van der Waals surface area contributed by atoms with E-state index in [1.54, 1.807) is 17.0 Å². The predicted molar refractivity (Wildman–Crippen MR) is 121 cm³/mol. The van der Waals surface area contributed by atoms with E-state index in [0.717, 1.165) is 23.3 Å². The van der Waals surface area contributed by atoms with Crippen molar-refractivity contribution in [1.29, 1.82) is 0 Å². The Morgan fingerprint density at radius 2 is 1.71 bits per heavy atom. The number of benzene rings is 2. The minimum atomic E-state index is -0.659. The number of hydrogen-bond donors (Lipinski definition) is 1. The number of ketones is 1. The second kappa shape index (κ2) is 9.79. The number of rotatable bonds is 8. The standard InChI is InChI=1S/C25H30N2O4/c1-5-16-31-20-12-10-18(11-13-20)22-21(23(28)19-8-6-17(2)7-9-19)24(29)25(30)27(22)15-14-26(3)4/h6-13,22,28H,5,14-16H2,1-4H3/t22-/m0/s1. The van der Waals surface area contributed by atoms with Crippen molar-refractivity contribution >= 4 is 17.4 Å². The maximum Gasteiger partial charge on any atom is 0.295 e. The number of hydrogen-bond acceptors (Lipinski definition) is 5. The van der Waals surface area contributed by atoms with Gasteiger partial charge in [0.2, 0.25) is 0 Å². The summed E-state index contributed by atoms with van der Waals surface area (Å²) in [6.45, 7) is 5.59. The first-order valence-electron chi connectivity index (χ1n) is 10.6. The van der Waals surface area contributed by atoms with Crippen molar-refractivity contribution in [2.45, 2.75) is 26.3 Å². The van der Waals surface area contributed by atoms with Crippen molar-refractivity contribution in [2.24, 2.45) is 0 Å². The fraction of sp³-hybridized carbons (Fsp3) is 0.360. The number of aliphatic hydroxyl groups excluding tert-OH is 1. The number of Topliss-reactive ketones (excluding diaryl/α,β-unsaturated/α-hetero) is 1. The summed E-state index contributed by atoms with van der Waals surface area (Å²) in [5, 5.41) is 11.0. The fourth-order valence-corrected chi connectivity index (χ4v) is 3.60. The van der Waals surface area contributed by atoms with Crippen LogP contribution in [-0.4, -0.2) is 60.4 Å². The Kier molecular flexibility index (Phi) is 7.13. The molecule has 0 aromatic heterocycles. The van der Waals surface area contributed by atoms with Crippen LogP contribution in [0.1, 0.15) is 36.1 Å². The number of carbonyl (C=O) groups excluding carboxylic acids is 2. The fourth-order valence-electron chi connectivity index (χ4n) is 3.60. The zero-order valence-electron chi connectivity index (χ0n) is 18.6. The number of aryl methyl sites for hydroxylation is 1. The van der Waals surface area contributed by atoms with Crippen LogP contribution in [-0.2, 0) is 9.59 Å². The Morgan fingerprint density at radius 1 is 1.06 bits per heavy atom. The molecule has 0 spiro atoms. The lowest BCUT2D eigenvalue weighted by Crippen LogP contribution is -2.35. The number of likely N-dealkylation sites (tertiary alicyclic amines) is 1. The largest absolute Gasteiger partial charge is 0.507 e. The second-order valence-electron chi connectivity index (χ2n) is 8.08. The first-order valence-corrected chi connectivity index (χ1v) is 10.6. The van der Waals surface area contributed by atoms with Crippen LogP contribution in [0, 0.1) is 6.92 Å². The van der Waals surface area contributed by atoms with Crippen molar-refractivity contribution < 1.29 is 19.4 Å². The summed E-state index contributed by atoms with van der Waals surface area (Å²) in [6.07, 6.45) is 0.906. The molecule has 2 aromatic rings. The topological polar surface area (TPSA) is 70.1 Å². The summed E-state index contributed by atoms with van der Waals surface area (Å²) < 4.78 is 5.66. The number of carbonyl (C=O) groups is 2. The molecule has 0 saturated carbocycles. The Labute approximate surface area is 183 Å². The maximum atomic E-state index is 13.0. The molecule has 1 atom stereocenters. The molecule has 1 amide bonds. The molecule has 1 heterocycles. The molecule has 0 radical (unpaired) electrons. The van der Waals surface area contributed by atoms with E-state index in [-0.39, 0.29) is 11.3 Å². The van der Waals surface area contributed by atoms with Gasteiger partial charge in [-0.3, -0.25) is 9.59 Å². The molecule has 1 aliphatic rings. The first kappa shape index (κ1) is 22.6. The Morgan fingerprint density at radius 3 is 2.29 bits per heavy atom. The average Bonchev–Trinajstić information content (AvgIpc) is 3.01. The highest BCUT2D eigenvalue weighted by Gasteiger charge is 2.45. The minimum absolute atomic E-state index is 0.120. The summed E-state index contributed by atoms with van der Waals surface area (Å²) in [6, 6.07) is 14.0. The number of amides is 1. The van der Waals surface area contributed by atoms with Crippen molar-refractivity contribution in [1.82, 2.24) is 9.80 Å². The molecule has 1 N–H and O–H groups in total. The first-order chi connectivity index (χ1) is 14.8. The van der Waals surface area contributed by atoms with E-state index in [2.05, 4.69) is 0 Å². The highest BCUT2D eigenvalue weighted by Crippen LogP contribution is 2.39. The van der Waals surface area contributed by atoms with Gasteiger partial charge in [0.25, 0.3) is 11.7 Å². The predicted octanol–water partition coefficient (Wildman–Crippen LogP) is 3.77. The normalized spacial score (nSPS) is 18.1. The number of nitrogens with zero attached hydrogens (tertiary/aromatic N) is 2. The van der Waals surface area contributed by atoms with Crippen LogP contribution in [0.2, 0.25) is 0 Å². The van der Waals surface area contributed by atoms with Crippen LogP contribution in [0.15, 0.2) is 54.1 Å². The van der Waals surface area contributed by atoms with E-state index >= 15 is 0 Å². The van der Waals surface area contributed by atoms with Crippen LogP contribution >= 0.6 is 0 Å². The van der Waals surface area contributed by atoms with Crippen molar-refractivity contribution in [3.63, 3.8) is 0 Å². The average molecular weight is 423 g/mol. The van der Waals surface area contributed by atoms with E-state index in [9.17, 15) is 14.7 Å². The zero-order valence-corrected chi connectivity index (χ0v) is 18.6. The highest BCUT2D eigenvalue weighted by molar-refractivity contribution is 6.46. The van der Waals surface area contributed by atoms with Crippen LogP contribution in [0.4, 0.5) is 0 Å². The quantitative estimate of drug-likeness (QED) is 0.398. The van der Waals surface area contributed by atoms with Gasteiger partial charge in [-0.05, 0) is 45.1 Å². The third kappa shape index (κ3) is 4.97. The number of likely N-dealkylation sites (N-methyl/N-ethyl adjacent to an activating group) is 1. The van der Waals surface area contributed by atoms with Crippen molar-refractivity contribution in [2.75, 3.05) is 33.8 Å². The van der Waals surface area contributed by atoms with E-state index < -0.39 is 17.7 Å². The third-order valence-electron chi connectivity index (χ3n) is 5.32. The molecule has 1 fully saturated rings. The lowest BCUT2D eigenvalue weighted by Gasteiger charge is -2.26. The van der Waals surface area contributed by atoms with E-state index in [1.165, 1.54) is 0 Å². The van der Waals surface area contributed by atoms with Gasteiger partial charge in [0.15, 0.2) is 0 Å². The Hall–Kier alpha value is -3.12. The van der Waals surface area contributed by atoms with Gasteiger partial charge in [0.05, 0.1) is 18.2 Å². The second-order valence-corrected chi connectivity index (χ2v) is 8.08. The summed E-state index contributed by atoms with van der Waals surface area (Å²) in [4.78, 5) is 29.4. The van der Waals surface area contributed by atoms with E-state index in [4.69, 9.17) is 4.74 Å². The molecule has 6 heteroatoms. The lowest BCUT2D eigenvalue weighted by atomic mass is 9.95. The zero-order chi connectivity index (χ0) is 22.5. The maximum absolute atomic E-state index is 13.0. The molecule has 1 saturated heterocycles. The number of aliphatic hydroxyl groups is 1. The van der Waals surface area contributed by atoms with Gasteiger partial charge in [-0.15, -0.1) is 0 Å². The van der Waals surface area contributed by atoms with Crippen LogP contribution in [0.5, 0.6) is 5.75 Å². The molecule has 0 bridgehead atoms. The van der Waals surface area contributed by atoms with Gasteiger partial charge in [-0.2, -0.15) is 0 Å². The lowest BCUT2D eigenvalue weighted by molar-refractivity contribution is -0.140. The highest BCUT2D eigenvalue weighted by atomic mass is 16.5. The molecule has 0 aliphatic carbocycles. The molecular weight excluding hydrogens is 392 g/mol. The van der Waals surface area contributed by atoms with Crippen LogP contribution in [0.3, 0.4) is 0 Å². The van der Waals surface area contributed by atoms with Crippen LogP contribution < -0.4 is 4.74 Å². The molecular formula is C25H30N2O4. The molecule has 164 valence electrons. The monoisotopic (exact) mass is 422 g/mol. The van der Waals surface area contributed by atoms with Gasteiger partial charge in [0, 0.05) is 18.7 Å².